The van der Waals surface area contributed by atoms with E-state index in [1.807, 2.05) is 20.8 Å². The highest BCUT2D eigenvalue weighted by molar-refractivity contribution is 7.91. The topological polar surface area (TPSA) is 55.4 Å². The van der Waals surface area contributed by atoms with Gasteiger partial charge in [0.1, 0.15) is 0 Å². The van der Waals surface area contributed by atoms with E-state index in [1.54, 1.807) is 13.2 Å². The van der Waals surface area contributed by atoms with Crippen molar-refractivity contribution in [3.8, 4) is 0 Å². The Morgan fingerprint density at radius 3 is 2.38 bits per heavy atom. The molecule has 0 aliphatic carbocycles. The van der Waals surface area contributed by atoms with Gasteiger partial charge in [0, 0.05) is 13.2 Å². The first kappa shape index (κ1) is 17.8. The molecule has 0 aliphatic rings. The van der Waals surface area contributed by atoms with Crippen LogP contribution in [0.5, 0.6) is 0 Å². The third-order valence-electron chi connectivity index (χ3n) is 3.18. The maximum atomic E-state index is 12.7. The Morgan fingerprint density at radius 2 is 1.86 bits per heavy atom. The van der Waals surface area contributed by atoms with Crippen LogP contribution in [0.1, 0.15) is 27.2 Å². The van der Waals surface area contributed by atoms with Gasteiger partial charge in [-0.2, -0.15) is 8.78 Å². The second kappa shape index (κ2) is 6.70. The van der Waals surface area contributed by atoms with Crippen LogP contribution in [0.4, 0.5) is 14.5 Å². The molecule has 7 heteroatoms. The first-order chi connectivity index (χ1) is 9.60. The van der Waals surface area contributed by atoms with Gasteiger partial charge in [-0.3, -0.25) is 0 Å². The van der Waals surface area contributed by atoms with Crippen molar-refractivity contribution >= 4 is 15.5 Å². The van der Waals surface area contributed by atoms with Gasteiger partial charge in [0.15, 0.2) is 0 Å². The molecule has 1 atom stereocenters. The van der Waals surface area contributed by atoms with E-state index in [2.05, 4.69) is 5.32 Å². The van der Waals surface area contributed by atoms with Crippen molar-refractivity contribution in [2.24, 2.45) is 0 Å². The summed E-state index contributed by atoms with van der Waals surface area (Å²) in [6, 6.07) is 5.53. The summed E-state index contributed by atoms with van der Waals surface area (Å²) >= 11 is 0. The van der Waals surface area contributed by atoms with E-state index in [-0.39, 0.29) is 16.6 Å². The minimum atomic E-state index is -4.63. The van der Waals surface area contributed by atoms with Gasteiger partial charge in [-0.25, -0.2) is 8.42 Å². The Morgan fingerprint density at radius 1 is 1.29 bits per heavy atom. The number of alkyl halides is 2. The lowest BCUT2D eigenvalue weighted by Gasteiger charge is -2.28. The molecule has 1 aromatic carbocycles. The maximum absolute atomic E-state index is 12.7. The summed E-state index contributed by atoms with van der Waals surface area (Å²) in [5, 5.41) is 2.97. The molecule has 1 N–H and O–H groups in total. The molecule has 0 heterocycles. The van der Waals surface area contributed by atoms with Gasteiger partial charge < -0.3 is 10.1 Å². The van der Waals surface area contributed by atoms with Crippen molar-refractivity contribution in [3.05, 3.63) is 24.3 Å². The number of hydrogen-bond acceptors (Lipinski definition) is 4. The minimum Gasteiger partial charge on any atom is -0.381 e. The molecule has 21 heavy (non-hydrogen) atoms. The van der Waals surface area contributed by atoms with Crippen molar-refractivity contribution in [2.45, 2.75) is 49.5 Å². The molecule has 0 fully saturated rings. The second-order valence-corrected chi connectivity index (χ2v) is 7.40. The number of halogens is 2. The van der Waals surface area contributed by atoms with Crippen LogP contribution < -0.4 is 5.32 Å². The average Bonchev–Trinajstić information content (AvgIpc) is 2.38. The van der Waals surface area contributed by atoms with Gasteiger partial charge in [-0.05, 0) is 39.3 Å². The molecule has 0 aliphatic heterocycles. The molecule has 1 aromatic rings. The summed E-state index contributed by atoms with van der Waals surface area (Å²) in [4.78, 5) is -0.387. The highest BCUT2D eigenvalue weighted by Gasteiger charge is 2.29. The van der Waals surface area contributed by atoms with Gasteiger partial charge >= 0.3 is 5.76 Å². The molecule has 0 saturated carbocycles. The zero-order chi connectivity index (χ0) is 16.3. The number of methoxy groups -OCH3 is 1. The van der Waals surface area contributed by atoms with Crippen LogP contribution in [0.15, 0.2) is 29.2 Å². The van der Waals surface area contributed by atoms with E-state index in [9.17, 15) is 17.2 Å². The fraction of sp³-hybridized carbons (Fsp3) is 0.571. The smallest absolute Gasteiger partial charge is 0.341 e. The Balaban J connectivity index is 3.01. The summed E-state index contributed by atoms with van der Waals surface area (Å²) in [6.45, 7) is 5.63. The lowest BCUT2D eigenvalue weighted by atomic mass is 10.00. The number of ether oxygens (including phenoxy) is 1. The Bertz CT molecular complexity index is 573. The van der Waals surface area contributed by atoms with Gasteiger partial charge in [-0.15, -0.1) is 0 Å². The van der Waals surface area contributed by atoms with Gasteiger partial charge in [-0.1, -0.05) is 12.1 Å². The fourth-order valence-electron chi connectivity index (χ4n) is 2.07. The predicted molar refractivity (Wildman–Crippen MR) is 78.4 cm³/mol. The Kier molecular flexibility index (Phi) is 5.69. The van der Waals surface area contributed by atoms with Crippen LogP contribution in [0.2, 0.25) is 0 Å². The van der Waals surface area contributed by atoms with Crippen LogP contribution in [-0.4, -0.2) is 32.9 Å². The quantitative estimate of drug-likeness (QED) is 0.837. The summed E-state index contributed by atoms with van der Waals surface area (Å²) < 4.78 is 54.0. The monoisotopic (exact) mass is 321 g/mol. The zero-order valence-corrected chi connectivity index (χ0v) is 13.4. The number of nitrogens with one attached hydrogen (secondary N) is 1. The fourth-order valence-corrected chi connectivity index (χ4v) is 2.96. The number of anilines is 1. The minimum absolute atomic E-state index is 0.144. The van der Waals surface area contributed by atoms with Crippen molar-refractivity contribution < 1.29 is 21.9 Å². The first-order valence-electron chi connectivity index (χ1n) is 6.53. The summed E-state index contributed by atoms with van der Waals surface area (Å²) in [6.07, 6.45) is 0.590. The summed E-state index contributed by atoms with van der Waals surface area (Å²) in [5.41, 5.74) is -0.222. The van der Waals surface area contributed by atoms with Gasteiger partial charge in [0.05, 0.1) is 16.2 Å². The van der Waals surface area contributed by atoms with Crippen molar-refractivity contribution in [1.29, 1.82) is 0 Å². The van der Waals surface area contributed by atoms with Crippen molar-refractivity contribution in [3.63, 3.8) is 0 Å². The molecule has 0 saturated heterocycles. The van der Waals surface area contributed by atoms with E-state index in [4.69, 9.17) is 4.74 Å². The second-order valence-electron chi connectivity index (χ2n) is 5.52. The molecule has 0 amide bonds. The van der Waals surface area contributed by atoms with E-state index < -0.39 is 21.2 Å². The predicted octanol–water partition coefficient (Wildman–Crippen LogP) is 3.30. The lowest BCUT2D eigenvalue weighted by molar-refractivity contribution is 0.0128. The third kappa shape index (κ3) is 4.64. The largest absolute Gasteiger partial charge is 0.381 e. The average molecular weight is 321 g/mol. The molecule has 0 aromatic heterocycles. The van der Waals surface area contributed by atoms with Crippen LogP contribution in [0, 0.1) is 0 Å². The molecule has 0 bridgehead atoms. The number of rotatable bonds is 7. The zero-order valence-electron chi connectivity index (χ0n) is 12.6. The molecular formula is C14H21F2NO3S. The van der Waals surface area contributed by atoms with E-state index in [0.717, 1.165) is 0 Å². The number of para-hydroxylation sites is 1. The highest BCUT2D eigenvalue weighted by atomic mass is 32.2. The van der Waals surface area contributed by atoms with Gasteiger partial charge in [0.2, 0.25) is 9.84 Å². The standard InChI is InChI=1S/C14H21F2NO3S/c1-10(9-14(2,3)20-4)17-11-7-5-6-8-12(11)21(18,19)13(15)16/h5-8,10,13,17H,9H2,1-4H3. The Labute approximate surface area is 124 Å². The van der Waals surface area contributed by atoms with Gasteiger partial charge in [0.25, 0.3) is 0 Å². The maximum Gasteiger partial charge on any atom is 0.341 e. The van der Waals surface area contributed by atoms with Crippen LogP contribution in [-0.2, 0) is 14.6 Å². The molecular weight excluding hydrogens is 300 g/mol. The van der Waals surface area contributed by atoms with Crippen molar-refractivity contribution in [1.82, 2.24) is 0 Å². The van der Waals surface area contributed by atoms with E-state index >= 15 is 0 Å². The van der Waals surface area contributed by atoms with E-state index in [1.165, 1.54) is 18.2 Å². The number of benzene rings is 1. The number of sulfone groups is 1. The van der Waals surface area contributed by atoms with Crippen LogP contribution in [0.3, 0.4) is 0 Å². The molecule has 0 spiro atoms. The van der Waals surface area contributed by atoms with E-state index in [0.29, 0.717) is 6.42 Å². The summed E-state index contributed by atoms with van der Waals surface area (Å²) in [7, 11) is -3.04. The summed E-state index contributed by atoms with van der Waals surface area (Å²) in [5.74, 6) is -3.44. The number of hydrogen-bond donors (Lipinski definition) is 1. The molecule has 120 valence electrons. The van der Waals surface area contributed by atoms with Crippen LogP contribution >= 0.6 is 0 Å². The third-order valence-corrected chi connectivity index (χ3v) is 4.62. The SMILES string of the molecule is COC(C)(C)CC(C)Nc1ccccc1S(=O)(=O)C(F)F. The lowest BCUT2D eigenvalue weighted by Crippen LogP contribution is -2.31. The van der Waals surface area contributed by atoms with Crippen LogP contribution in [0.25, 0.3) is 0 Å². The normalized spacial score (nSPS) is 14.2. The molecule has 4 nitrogen and oxygen atoms in total. The highest BCUT2D eigenvalue weighted by Crippen LogP contribution is 2.27. The van der Waals surface area contributed by atoms with Crippen molar-refractivity contribution in [2.75, 3.05) is 12.4 Å². The molecule has 0 radical (unpaired) electrons. The molecule has 1 unspecified atom stereocenters. The first-order valence-corrected chi connectivity index (χ1v) is 8.07. The molecule has 1 rings (SSSR count). The Hall–Kier alpha value is -1.21.